The zero-order valence-electron chi connectivity index (χ0n) is 11.6. The van der Waals surface area contributed by atoms with Gasteiger partial charge >= 0.3 is 0 Å². The molecule has 1 aliphatic rings. The highest BCUT2D eigenvalue weighted by Gasteiger charge is 2.27. The highest BCUT2D eigenvalue weighted by atomic mass is 16.3. The summed E-state index contributed by atoms with van der Waals surface area (Å²) in [4.78, 5) is 2.41. The molecule has 17 heavy (non-hydrogen) atoms. The Morgan fingerprint density at radius 2 is 1.88 bits per heavy atom. The van der Waals surface area contributed by atoms with Crippen molar-refractivity contribution in [1.82, 2.24) is 4.90 Å². The lowest BCUT2D eigenvalue weighted by molar-refractivity contribution is 0.0680. The third-order valence-electron chi connectivity index (χ3n) is 4.12. The van der Waals surface area contributed by atoms with Crippen LogP contribution < -0.4 is 5.73 Å². The molecular weight excluding hydrogens is 212 g/mol. The number of piperidine rings is 1. The number of rotatable bonds is 7. The van der Waals surface area contributed by atoms with E-state index in [9.17, 15) is 5.11 Å². The maximum absolute atomic E-state index is 9.52. The molecule has 102 valence electrons. The predicted octanol–water partition coefficient (Wildman–Crippen LogP) is 1.99. The molecule has 0 bridgehead atoms. The van der Waals surface area contributed by atoms with Crippen LogP contribution in [0.25, 0.3) is 0 Å². The molecule has 0 aromatic rings. The van der Waals surface area contributed by atoms with Crippen molar-refractivity contribution in [2.24, 2.45) is 11.7 Å². The van der Waals surface area contributed by atoms with Gasteiger partial charge in [0.2, 0.25) is 0 Å². The highest BCUT2D eigenvalue weighted by molar-refractivity contribution is 4.84. The van der Waals surface area contributed by atoms with E-state index in [4.69, 9.17) is 5.73 Å². The summed E-state index contributed by atoms with van der Waals surface area (Å²) in [6, 6.07) is 0.310. The number of likely N-dealkylation sites (tertiary alicyclic amines) is 1. The van der Waals surface area contributed by atoms with Gasteiger partial charge in [0.1, 0.15) is 0 Å². The minimum atomic E-state index is 0.132. The largest absolute Gasteiger partial charge is 0.395 e. The van der Waals surface area contributed by atoms with E-state index in [2.05, 4.69) is 18.7 Å². The molecule has 2 atom stereocenters. The van der Waals surface area contributed by atoms with E-state index in [0.717, 1.165) is 31.8 Å². The molecule has 1 heterocycles. The first-order valence-corrected chi connectivity index (χ1v) is 7.33. The van der Waals surface area contributed by atoms with Gasteiger partial charge in [-0.15, -0.1) is 0 Å². The third-order valence-corrected chi connectivity index (χ3v) is 4.12. The lowest BCUT2D eigenvalue weighted by Gasteiger charge is -2.39. The van der Waals surface area contributed by atoms with Crippen LogP contribution in [0.5, 0.6) is 0 Å². The van der Waals surface area contributed by atoms with Crippen molar-refractivity contribution >= 4 is 0 Å². The first kappa shape index (κ1) is 14.9. The van der Waals surface area contributed by atoms with Crippen LogP contribution in [0.4, 0.5) is 0 Å². The molecule has 0 aromatic heterocycles. The Balaban J connectivity index is 2.39. The Morgan fingerprint density at radius 1 is 1.24 bits per heavy atom. The number of hydrogen-bond acceptors (Lipinski definition) is 3. The molecule has 0 aliphatic carbocycles. The molecule has 1 fully saturated rings. The summed E-state index contributed by atoms with van der Waals surface area (Å²) in [6.45, 7) is 6.86. The second-order valence-electron chi connectivity index (χ2n) is 5.47. The Bertz CT molecular complexity index is 191. The lowest BCUT2D eigenvalue weighted by atomic mass is 9.90. The predicted molar refractivity (Wildman–Crippen MR) is 73.0 cm³/mol. The monoisotopic (exact) mass is 242 g/mol. The van der Waals surface area contributed by atoms with E-state index in [0.29, 0.717) is 0 Å². The van der Waals surface area contributed by atoms with Crippen molar-refractivity contribution in [3.63, 3.8) is 0 Å². The second-order valence-corrected chi connectivity index (χ2v) is 5.47. The van der Waals surface area contributed by atoms with Gasteiger partial charge in [-0.3, -0.25) is 4.90 Å². The summed E-state index contributed by atoms with van der Waals surface area (Å²) in [7, 11) is 0. The van der Waals surface area contributed by atoms with Crippen LogP contribution in [0.1, 0.15) is 52.4 Å². The topological polar surface area (TPSA) is 49.5 Å². The third kappa shape index (κ3) is 4.57. The van der Waals surface area contributed by atoms with Crippen LogP contribution in [0.3, 0.4) is 0 Å². The number of nitrogens with zero attached hydrogens (tertiary/aromatic N) is 1. The molecule has 0 amide bonds. The Kier molecular flexibility index (Phi) is 7.09. The zero-order valence-corrected chi connectivity index (χ0v) is 11.6. The normalized spacial score (nSPS) is 22.6. The molecule has 1 saturated heterocycles. The smallest absolute Gasteiger partial charge is 0.0601 e. The Morgan fingerprint density at radius 3 is 2.35 bits per heavy atom. The number of aliphatic hydroxyl groups is 1. The van der Waals surface area contributed by atoms with Gasteiger partial charge in [0, 0.05) is 12.1 Å². The van der Waals surface area contributed by atoms with E-state index in [1.54, 1.807) is 0 Å². The highest BCUT2D eigenvalue weighted by Crippen LogP contribution is 2.23. The average Bonchev–Trinajstić information content (AvgIpc) is 2.33. The first-order chi connectivity index (χ1) is 8.22. The summed E-state index contributed by atoms with van der Waals surface area (Å²) < 4.78 is 0. The van der Waals surface area contributed by atoms with E-state index in [1.807, 2.05) is 0 Å². The Labute approximate surface area is 106 Å². The van der Waals surface area contributed by atoms with Gasteiger partial charge in [-0.1, -0.05) is 33.1 Å². The molecular formula is C14H30N2O. The fourth-order valence-electron chi connectivity index (χ4n) is 3.03. The van der Waals surface area contributed by atoms with Crippen LogP contribution in [0.15, 0.2) is 0 Å². The van der Waals surface area contributed by atoms with E-state index in [1.165, 1.54) is 25.7 Å². The molecule has 0 spiro atoms. The van der Waals surface area contributed by atoms with Crippen molar-refractivity contribution in [1.29, 1.82) is 0 Å². The van der Waals surface area contributed by atoms with Gasteiger partial charge in [-0.05, 0) is 38.3 Å². The van der Waals surface area contributed by atoms with Gasteiger partial charge in [-0.2, -0.15) is 0 Å². The van der Waals surface area contributed by atoms with E-state index in [-0.39, 0.29) is 18.7 Å². The molecule has 0 saturated carbocycles. The second kappa shape index (κ2) is 8.06. The van der Waals surface area contributed by atoms with Crippen molar-refractivity contribution in [2.45, 2.75) is 64.5 Å². The van der Waals surface area contributed by atoms with Crippen molar-refractivity contribution in [2.75, 3.05) is 19.7 Å². The lowest BCUT2D eigenvalue weighted by Crippen LogP contribution is -2.52. The van der Waals surface area contributed by atoms with Gasteiger partial charge in [0.05, 0.1) is 6.61 Å². The van der Waals surface area contributed by atoms with Crippen molar-refractivity contribution < 1.29 is 5.11 Å². The van der Waals surface area contributed by atoms with E-state index >= 15 is 0 Å². The maximum Gasteiger partial charge on any atom is 0.0601 e. The molecule has 1 aliphatic heterocycles. The van der Waals surface area contributed by atoms with Gasteiger partial charge in [0.25, 0.3) is 0 Å². The summed E-state index contributed by atoms with van der Waals surface area (Å²) in [6.07, 6.45) is 7.33. The van der Waals surface area contributed by atoms with Gasteiger partial charge in [0.15, 0.2) is 0 Å². The summed E-state index contributed by atoms with van der Waals surface area (Å²) in [5.74, 6) is 0.901. The fourth-order valence-corrected chi connectivity index (χ4v) is 3.03. The van der Waals surface area contributed by atoms with Crippen LogP contribution in [0, 0.1) is 5.92 Å². The molecule has 0 radical (unpaired) electrons. The summed E-state index contributed by atoms with van der Waals surface area (Å²) in [5.41, 5.74) is 6.16. The zero-order chi connectivity index (χ0) is 12.7. The number of nitrogens with two attached hydrogens (primary N) is 1. The minimum absolute atomic E-state index is 0.132. The standard InChI is InChI=1S/C14H30N2O/c1-3-5-12-7-9-16(10-8-12)14(11-17)13(15)6-4-2/h12-14,17H,3-11,15H2,1-2H3. The number of hydrogen-bond donors (Lipinski definition) is 2. The van der Waals surface area contributed by atoms with Crippen LogP contribution >= 0.6 is 0 Å². The summed E-state index contributed by atoms with van der Waals surface area (Å²) in [5, 5.41) is 9.52. The van der Waals surface area contributed by atoms with Crippen molar-refractivity contribution in [3.8, 4) is 0 Å². The molecule has 3 nitrogen and oxygen atoms in total. The quantitative estimate of drug-likeness (QED) is 0.718. The summed E-state index contributed by atoms with van der Waals surface area (Å²) >= 11 is 0. The SMILES string of the molecule is CCCC1CCN(C(CO)C(N)CCC)CC1. The molecule has 2 unspecified atom stereocenters. The molecule has 3 heteroatoms. The Hall–Kier alpha value is -0.120. The molecule has 1 rings (SSSR count). The van der Waals surface area contributed by atoms with Crippen molar-refractivity contribution in [3.05, 3.63) is 0 Å². The average molecular weight is 242 g/mol. The van der Waals surface area contributed by atoms with Gasteiger partial charge in [-0.25, -0.2) is 0 Å². The first-order valence-electron chi connectivity index (χ1n) is 7.33. The van der Waals surface area contributed by atoms with Gasteiger partial charge < -0.3 is 10.8 Å². The van der Waals surface area contributed by atoms with Crippen LogP contribution in [-0.2, 0) is 0 Å². The molecule has 3 N–H and O–H groups in total. The van der Waals surface area contributed by atoms with Crippen LogP contribution in [-0.4, -0.2) is 41.8 Å². The minimum Gasteiger partial charge on any atom is -0.395 e. The fraction of sp³-hybridized carbons (Fsp3) is 1.00. The van der Waals surface area contributed by atoms with E-state index < -0.39 is 0 Å². The molecule has 0 aromatic carbocycles. The maximum atomic E-state index is 9.52. The number of aliphatic hydroxyl groups excluding tert-OH is 1. The van der Waals surface area contributed by atoms with Crippen LogP contribution in [0.2, 0.25) is 0 Å².